The van der Waals surface area contributed by atoms with Gasteiger partial charge < -0.3 is 5.32 Å². The van der Waals surface area contributed by atoms with Gasteiger partial charge in [-0.15, -0.1) is 11.8 Å². The van der Waals surface area contributed by atoms with Gasteiger partial charge in [-0.05, 0) is 36.8 Å². The van der Waals surface area contributed by atoms with Crippen molar-refractivity contribution < 1.29 is 13.2 Å². The molecule has 0 aliphatic rings. The average molecular weight is 407 g/mol. The van der Waals surface area contributed by atoms with Crippen LogP contribution in [0.1, 0.15) is 31.6 Å². The summed E-state index contributed by atoms with van der Waals surface area (Å²) in [6, 6.07) is 16.3. The minimum absolute atomic E-state index is 0.109. The zero-order chi connectivity index (χ0) is 19.9. The highest BCUT2D eigenvalue weighted by Crippen LogP contribution is 2.27. The van der Waals surface area contributed by atoms with Crippen molar-refractivity contribution in [2.24, 2.45) is 0 Å². The molecule has 146 valence electrons. The van der Waals surface area contributed by atoms with Gasteiger partial charge >= 0.3 is 0 Å². The van der Waals surface area contributed by atoms with E-state index < -0.39 is 10.0 Å². The summed E-state index contributed by atoms with van der Waals surface area (Å²) in [7, 11) is -3.48. The number of carbonyl (C=O) groups excluding carboxylic acids is 1. The van der Waals surface area contributed by atoms with E-state index in [2.05, 4.69) is 12.2 Å². The van der Waals surface area contributed by atoms with Crippen LogP contribution in [0.4, 0.5) is 5.69 Å². The highest BCUT2D eigenvalue weighted by atomic mass is 32.2. The van der Waals surface area contributed by atoms with Crippen molar-refractivity contribution >= 4 is 33.4 Å². The molecule has 0 aliphatic heterocycles. The number of nitrogens with zero attached hydrogens (tertiary/aromatic N) is 1. The molecule has 7 heteroatoms. The normalized spacial score (nSPS) is 12.7. The second-order valence-corrected chi connectivity index (χ2v) is 9.29. The molecule has 0 heterocycles. The number of thioether (sulfide) groups is 1. The van der Waals surface area contributed by atoms with Crippen molar-refractivity contribution in [3.8, 4) is 0 Å². The SMILES string of the molecule is CCN(CC)S(=O)(=O)c1ccc(NC(=O)CS[C@@H](C)c2ccccc2)cc1. The highest BCUT2D eigenvalue weighted by Gasteiger charge is 2.21. The molecule has 1 atom stereocenters. The van der Waals surface area contributed by atoms with Crippen LogP contribution in [-0.4, -0.2) is 37.5 Å². The molecule has 2 aromatic carbocycles. The molecule has 0 radical (unpaired) electrons. The standard InChI is InChI=1S/C20H26N2O3S2/c1-4-22(5-2)27(24,25)19-13-11-18(12-14-19)21-20(23)15-26-16(3)17-9-7-6-8-10-17/h6-14,16H,4-5,15H2,1-3H3,(H,21,23)/t16-/m0/s1. The van der Waals surface area contributed by atoms with Gasteiger partial charge in [-0.3, -0.25) is 4.79 Å². The minimum atomic E-state index is -3.48. The maximum Gasteiger partial charge on any atom is 0.243 e. The second kappa shape index (κ2) is 9.92. The predicted molar refractivity (Wildman–Crippen MR) is 112 cm³/mol. The van der Waals surface area contributed by atoms with E-state index in [1.165, 1.54) is 22.0 Å². The molecule has 0 fully saturated rings. The number of hydrogen-bond acceptors (Lipinski definition) is 4. The number of sulfonamides is 1. The summed E-state index contributed by atoms with van der Waals surface area (Å²) in [4.78, 5) is 12.4. The van der Waals surface area contributed by atoms with Crippen LogP contribution in [0.2, 0.25) is 0 Å². The molecule has 1 amide bonds. The fraction of sp³-hybridized carbons (Fsp3) is 0.350. The molecule has 1 N–H and O–H groups in total. The fourth-order valence-corrected chi connectivity index (χ4v) is 4.92. The Labute approximate surface area is 166 Å². The molecule has 2 rings (SSSR count). The van der Waals surface area contributed by atoms with E-state index in [1.54, 1.807) is 23.9 Å². The molecule has 0 bridgehead atoms. The first kappa shape index (κ1) is 21.5. The lowest BCUT2D eigenvalue weighted by Gasteiger charge is -2.18. The zero-order valence-electron chi connectivity index (χ0n) is 15.9. The van der Waals surface area contributed by atoms with Gasteiger partial charge in [0.05, 0.1) is 10.6 Å². The number of anilines is 1. The summed E-state index contributed by atoms with van der Waals surface area (Å²) < 4.78 is 26.4. The minimum Gasteiger partial charge on any atom is -0.325 e. The molecular weight excluding hydrogens is 380 g/mol. The Hall–Kier alpha value is -1.83. The lowest BCUT2D eigenvalue weighted by molar-refractivity contribution is -0.113. The highest BCUT2D eigenvalue weighted by molar-refractivity contribution is 8.00. The van der Waals surface area contributed by atoms with Gasteiger partial charge in [-0.1, -0.05) is 44.2 Å². The van der Waals surface area contributed by atoms with Gasteiger partial charge in [0.2, 0.25) is 15.9 Å². The Morgan fingerprint density at radius 2 is 1.63 bits per heavy atom. The van der Waals surface area contributed by atoms with Crippen molar-refractivity contribution in [1.82, 2.24) is 4.31 Å². The summed E-state index contributed by atoms with van der Waals surface area (Å²) in [5.74, 6) is 0.220. The van der Waals surface area contributed by atoms with Gasteiger partial charge in [0.1, 0.15) is 0 Å². The van der Waals surface area contributed by atoms with Gasteiger partial charge in [0.25, 0.3) is 0 Å². The first-order chi connectivity index (χ1) is 12.9. The van der Waals surface area contributed by atoms with E-state index in [1.807, 2.05) is 44.2 Å². The molecule has 0 unspecified atom stereocenters. The van der Waals surface area contributed by atoms with Gasteiger partial charge in [0, 0.05) is 24.0 Å². The molecule has 0 saturated carbocycles. The van der Waals surface area contributed by atoms with Crippen LogP contribution in [0.25, 0.3) is 0 Å². The van der Waals surface area contributed by atoms with Crippen molar-refractivity contribution in [3.05, 3.63) is 60.2 Å². The summed E-state index contributed by atoms with van der Waals surface area (Å²) in [6.07, 6.45) is 0. The lowest BCUT2D eigenvalue weighted by Crippen LogP contribution is -2.30. The smallest absolute Gasteiger partial charge is 0.243 e. The Balaban J connectivity index is 1.93. The van der Waals surface area contributed by atoms with Crippen molar-refractivity contribution in [3.63, 3.8) is 0 Å². The summed E-state index contributed by atoms with van der Waals surface area (Å²) in [5, 5.41) is 3.04. The number of benzene rings is 2. The van der Waals surface area contributed by atoms with Gasteiger partial charge in [-0.2, -0.15) is 4.31 Å². The third-order valence-corrected chi connectivity index (χ3v) is 7.48. The number of carbonyl (C=O) groups is 1. The lowest BCUT2D eigenvalue weighted by atomic mass is 10.2. The van der Waals surface area contributed by atoms with Crippen LogP contribution in [-0.2, 0) is 14.8 Å². The van der Waals surface area contributed by atoms with E-state index in [0.717, 1.165) is 0 Å². The van der Waals surface area contributed by atoms with E-state index in [0.29, 0.717) is 24.5 Å². The number of amides is 1. The number of rotatable bonds is 9. The van der Waals surface area contributed by atoms with Gasteiger partial charge in [0.15, 0.2) is 0 Å². The molecule has 5 nitrogen and oxygen atoms in total. The van der Waals surface area contributed by atoms with Crippen LogP contribution < -0.4 is 5.32 Å². The van der Waals surface area contributed by atoms with E-state index in [-0.39, 0.29) is 16.1 Å². The van der Waals surface area contributed by atoms with Gasteiger partial charge in [-0.25, -0.2) is 8.42 Å². The Morgan fingerprint density at radius 3 is 2.19 bits per heavy atom. The molecule has 0 aliphatic carbocycles. The molecule has 27 heavy (non-hydrogen) atoms. The number of hydrogen-bond donors (Lipinski definition) is 1. The van der Waals surface area contributed by atoms with Crippen LogP contribution >= 0.6 is 11.8 Å². The fourth-order valence-electron chi connectivity index (χ4n) is 2.64. The second-order valence-electron chi connectivity index (χ2n) is 6.03. The molecule has 2 aromatic rings. The first-order valence-corrected chi connectivity index (χ1v) is 11.4. The van der Waals surface area contributed by atoms with Crippen LogP contribution in [0, 0.1) is 0 Å². The molecule has 0 aromatic heterocycles. The van der Waals surface area contributed by atoms with Crippen LogP contribution in [0.5, 0.6) is 0 Å². The Bertz CT molecular complexity index is 833. The Morgan fingerprint density at radius 1 is 1.04 bits per heavy atom. The molecule has 0 spiro atoms. The third kappa shape index (κ3) is 5.82. The topological polar surface area (TPSA) is 66.5 Å². The number of nitrogens with one attached hydrogen (secondary N) is 1. The monoisotopic (exact) mass is 406 g/mol. The predicted octanol–water partition coefficient (Wildman–Crippen LogP) is 4.15. The quantitative estimate of drug-likeness (QED) is 0.679. The summed E-state index contributed by atoms with van der Waals surface area (Å²) in [5.41, 5.74) is 1.77. The van der Waals surface area contributed by atoms with Crippen LogP contribution in [0.15, 0.2) is 59.5 Å². The maximum atomic E-state index is 12.5. The zero-order valence-corrected chi connectivity index (χ0v) is 17.5. The largest absolute Gasteiger partial charge is 0.325 e. The summed E-state index contributed by atoms with van der Waals surface area (Å²) >= 11 is 1.56. The van der Waals surface area contributed by atoms with Crippen molar-refractivity contribution in [2.75, 3.05) is 24.2 Å². The molecule has 0 saturated heterocycles. The molecular formula is C20H26N2O3S2. The van der Waals surface area contributed by atoms with E-state index >= 15 is 0 Å². The van der Waals surface area contributed by atoms with Crippen molar-refractivity contribution in [2.45, 2.75) is 30.9 Å². The van der Waals surface area contributed by atoms with E-state index in [4.69, 9.17) is 0 Å². The average Bonchev–Trinajstić information content (AvgIpc) is 2.68. The maximum absolute atomic E-state index is 12.5. The summed E-state index contributed by atoms with van der Waals surface area (Å²) in [6.45, 7) is 6.54. The van der Waals surface area contributed by atoms with Crippen LogP contribution in [0.3, 0.4) is 0 Å². The van der Waals surface area contributed by atoms with E-state index in [9.17, 15) is 13.2 Å². The first-order valence-electron chi connectivity index (χ1n) is 8.95. The Kier molecular flexibility index (Phi) is 7.89. The third-order valence-electron chi connectivity index (χ3n) is 4.21. The van der Waals surface area contributed by atoms with Crippen molar-refractivity contribution in [1.29, 1.82) is 0 Å².